The van der Waals surface area contributed by atoms with Gasteiger partial charge in [0, 0.05) is 12.1 Å². The Hall–Kier alpha value is -2.34. The maximum atomic E-state index is 13.0. The van der Waals surface area contributed by atoms with Crippen molar-refractivity contribution in [1.29, 1.82) is 0 Å². The van der Waals surface area contributed by atoms with Gasteiger partial charge in [0.05, 0.1) is 10.6 Å². The van der Waals surface area contributed by atoms with Gasteiger partial charge in [-0.25, -0.2) is 8.42 Å². The average molecular weight is 372 g/mol. The first kappa shape index (κ1) is 18.5. The Morgan fingerprint density at radius 2 is 1.88 bits per heavy atom. The van der Waals surface area contributed by atoms with Crippen molar-refractivity contribution < 1.29 is 13.2 Å². The van der Waals surface area contributed by atoms with Crippen LogP contribution in [0.2, 0.25) is 0 Å². The number of rotatable bonds is 4. The third kappa shape index (κ3) is 3.75. The van der Waals surface area contributed by atoms with Gasteiger partial charge in [-0.05, 0) is 60.6 Å². The van der Waals surface area contributed by atoms with Crippen LogP contribution in [-0.4, -0.2) is 14.3 Å². The molecule has 0 bridgehead atoms. The smallest absolute Gasteiger partial charge is 0.261 e. The van der Waals surface area contributed by atoms with Gasteiger partial charge < -0.3 is 5.32 Å². The Balaban J connectivity index is 1.98. The Bertz CT molecular complexity index is 950. The van der Waals surface area contributed by atoms with Crippen LogP contribution in [0, 0.1) is 6.92 Å². The quantitative estimate of drug-likeness (QED) is 0.845. The Kier molecular flexibility index (Phi) is 5.05. The summed E-state index contributed by atoms with van der Waals surface area (Å²) >= 11 is 0. The highest BCUT2D eigenvalue weighted by Crippen LogP contribution is 2.31. The van der Waals surface area contributed by atoms with Crippen LogP contribution in [0.3, 0.4) is 0 Å². The molecule has 2 aromatic rings. The molecule has 2 N–H and O–H groups in total. The van der Waals surface area contributed by atoms with E-state index in [-0.39, 0.29) is 16.7 Å². The van der Waals surface area contributed by atoms with E-state index in [1.807, 2.05) is 39.0 Å². The maximum absolute atomic E-state index is 13.0. The first-order valence-electron chi connectivity index (χ1n) is 8.83. The molecule has 0 unspecified atom stereocenters. The second kappa shape index (κ2) is 7.11. The van der Waals surface area contributed by atoms with Crippen molar-refractivity contribution in [3.63, 3.8) is 0 Å². The number of carbonyl (C=O) groups is 1. The van der Waals surface area contributed by atoms with Gasteiger partial charge >= 0.3 is 0 Å². The highest BCUT2D eigenvalue weighted by molar-refractivity contribution is 7.92. The van der Waals surface area contributed by atoms with Gasteiger partial charge in [0.1, 0.15) is 0 Å². The van der Waals surface area contributed by atoms with Crippen LogP contribution in [-0.2, 0) is 21.2 Å². The minimum Gasteiger partial charge on any atom is -0.326 e. The lowest BCUT2D eigenvalue weighted by Gasteiger charge is -2.18. The van der Waals surface area contributed by atoms with E-state index in [4.69, 9.17) is 0 Å². The summed E-state index contributed by atoms with van der Waals surface area (Å²) in [5.41, 5.74) is 4.06. The van der Waals surface area contributed by atoms with Gasteiger partial charge in [-0.3, -0.25) is 9.52 Å². The van der Waals surface area contributed by atoms with Crippen LogP contribution >= 0.6 is 0 Å². The third-order valence-corrected chi connectivity index (χ3v) is 6.02. The third-order valence-electron chi connectivity index (χ3n) is 4.67. The van der Waals surface area contributed by atoms with Crippen molar-refractivity contribution in [2.75, 3.05) is 10.0 Å². The lowest BCUT2D eigenvalue weighted by molar-refractivity contribution is -0.116. The standard InChI is InChI=1S/C20H24N2O3S/c1-13(2)17-8-4-6-14(3)20(17)22-26(24,25)16-10-11-18-15(12-16)7-5-9-19(23)21-18/h4,6,8,10-13,22H,5,7,9H2,1-3H3,(H,21,23). The lowest BCUT2D eigenvalue weighted by atomic mass is 9.99. The molecule has 0 saturated heterocycles. The average Bonchev–Trinajstić information content (AvgIpc) is 2.76. The van der Waals surface area contributed by atoms with E-state index >= 15 is 0 Å². The summed E-state index contributed by atoms with van der Waals surface area (Å²) in [5, 5.41) is 2.83. The van der Waals surface area contributed by atoms with Crippen LogP contribution in [0.1, 0.15) is 49.3 Å². The molecule has 0 atom stereocenters. The number of sulfonamides is 1. The molecule has 0 spiro atoms. The van der Waals surface area contributed by atoms with E-state index in [1.165, 1.54) is 0 Å². The molecule has 0 saturated carbocycles. The Morgan fingerprint density at radius 3 is 2.62 bits per heavy atom. The molecule has 1 aliphatic heterocycles. The molecule has 5 nitrogen and oxygen atoms in total. The van der Waals surface area contributed by atoms with Crippen molar-refractivity contribution in [3.8, 4) is 0 Å². The predicted octanol–water partition coefficient (Wildman–Crippen LogP) is 4.19. The van der Waals surface area contributed by atoms with E-state index in [1.54, 1.807) is 18.2 Å². The monoisotopic (exact) mass is 372 g/mol. The molecule has 1 heterocycles. The molecule has 1 aliphatic rings. The van der Waals surface area contributed by atoms with E-state index in [0.29, 0.717) is 30.6 Å². The number of aryl methyl sites for hydroxylation is 2. The topological polar surface area (TPSA) is 75.3 Å². The molecule has 0 aromatic heterocycles. The summed E-state index contributed by atoms with van der Waals surface area (Å²) in [6, 6.07) is 10.7. The van der Waals surface area contributed by atoms with Crippen molar-refractivity contribution in [2.45, 2.75) is 50.8 Å². The zero-order valence-corrected chi connectivity index (χ0v) is 16.1. The van der Waals surface area contributed by atoms with Crippen LogP contribution < -0.4 is 10.0 Å². The molecule has 138 valence electrons. The molecular weight excluding hydrogens is 348 g/mol. The summed E-state index contributed by atoms with van der Waals surface area (Å²) in [6.45, 7) is 5.98. The number of para-hydroxylation sites is 1. The highest BCUT2D eigenvalue weighted by atomic mass is 32.2. The van der Waals surface area contributed by atoms with Gasteiger partial charge in [-0.1, -0.05) is 32.0 Å². The largest absolute Gasteiger partial charge is 0.326 e. The van der Waals surface area contributed by atoms with Crippen molar-refractivity contribution in [1.82, 2.24) is 0 Å². The number of anilines is 2. The molecule has 0 fully saturated rings. The molecule has 1 amide bonds. The molecule has 3 rings (SSSR count). The van der Waals surface area contributed by atoms with Gasteiger partial charge in [0.25, 0.3) is 10.0 Å². The van der Waals surface area contributed by atoms with Crippen LogP contribution in [0.5, 0.6) is 0 Å². The summed E-state index contributed by atoms with van der Waals surface area (Å²) < 4.78 is 28.7. The second-order valence-electron chi connectivity index (χ2n) is 7.02. The molecule has 6 heteroatoms. The fraction of sp³-hybridized carbons (Fsp3) is 0.350. The summed E-state index contributed by atoms with van der Waals surface area (Å²) in [6.07, 6.45) is 1.85. The van der Waals surface area contributed by atoms with E-state index < -0.39 is 10.0 Å². The first-order valence-corrected chi connectivity index (χ1v) is 10.3. The number of hydrogen-bond donors (Lipinski definition) is 2. The van der Waals surface area contributed by atoms with Crippen LogP contribution in [0.25, 0.3) is 0 Å². The van der Waals surface area contributed by atoms with Gasteiger partial charge in [0.15, 0.2) is 0 Å². The highest BCUT2D eigenvalue weighted by Gasteiger charge is 2.21. The lowest BCUT2D eigenvalue weighted by Crippen LogP contribution is -2.16. The van der Waals surface area contributed by atoms with Gasteiger partial charge in [0.2, 0.25) is 5.91 Å². The second-order valence-corrected chi connectivity index (χ2v) is 8.70. The van der Waals surface area contributed by atoms with Crippen molar-refractivity contribution in [2.24, 2.45) is 0 Å². The van der Waals surface area contributed by atoms with Gasteiger partial charge in [-0.15, -0.1) is 0 Å². The van der Waals surface area contributed by atoms with Crippen LogP contribution in [0.4, 0.5) is 11.4 Å². The minimum atomic E-state index is -3.71. The molecule has 26 heavy (non-hydrogen) atoms. The fourth-order valence-corrected chi connectivity index (χ4v) is 4.43. The van der Waals surface area contributed by atoms with E-state index in [0.717, 1.165) is 16.7 Å². The normalized spacial score (nSPS) is 14.5. The van der Waals surface area contributed by atoms with Crippen molar-refractivity contribution >= 4 is 27.3 Å². The zero-order chi connectivity index (χ0) is 18.9. The molecular formula is C20H24N2O3S. The molecule has 0 radical (unpaired) electrons. The minimum absolute atomic E-state index is 0.0287. The summed E-state index contributed by atoms with van der Waals surface area (Å²) in [5.74, 6) is 0.175. The number of carbonyl (C=O) groups excluding carboxylic acids is 1. The predicted molar refractivity (Wildman–Crippen MR) is 104 cm³/mol. The Labute approximate surface area is 154 Å². The molecule has 2 aromatic carbocycles. The summed E-state index contributed by atoms with van der Waals surface area (Å²) in [7, 11) is -3.71. The number of amides is 1. The SMILES string of the molecule is Cc1cccc(C(C)C)c1NS(=O)(=O)c1ccc2c(c1)CCCC(=O)N2. The zero-order valence-electron chi connectivity index (χ0n) is 15.3. The first-order chi connectivity index (χ1) is 12.3. The Morgan fingerprint density at radius 1 is 1.12 bits per heavy atom. The van der Waals surface area contributed by atoms with E-state index in [9.17, 15) is 13.2 Å². The number of benzene rings is 2. The number of fused-ring (bicyclic) bond motifs is 1. The maximum Gasteiger partial charge on any atom is 0.261 e. The number of nitrogens with one attached hydrogen (secondary N) is 2. The summed E-state index contributed by atoms with van der Waals surface area (Å²) in [4.78, 5) is 11.9. The van der Waals surface area contributed by atoms with E-state index in [2.05, 4.69) is 10.0 Å². The number of hydrogen-bond acceptors (Lipinski definition) is 3. The van der Waals surface area contributed by atoms with Crippen LogP contribution in [0.15, 0.2) is 41.3 Å². The van der Waals surface area contributed by atoms with Gasteiger partial charge in [-0.2, -0.15) is 0 Å². The fourth-order valence-electron chi connectivity index (χ4n) is 3.22. The molecule has 0 aliphatic carbocycles. The van der Waals surface area contributed by atoms with Crippen molar-refractivity contribution in [3.05, 3.63) is 53.1 Å².